The van der Waals surface area contributed by atoms with Gasteiger partial charge in [0.05, 0.1) is 16.7 Å². The normalized spacial score (nSPS) is 16.1. The molecule has 1 aliphatic carbocycles. The summed E-state index contributed by atoms with van der Waals surface area (Å²) in [5, 5.41) is 3.12. The average molecular weight is 406 g/mol. The Hall–Kier alpha value is -2.92. The average Bonchev–Trinajstić information content (AvgIpc) is 2.74. The van der Waals surface area contributed by atoms with Crippen LogP contribution in [0, 0.1) is 0 Å². The Labute approximate surface area is 171 Å². The van der Waals surface area contributed by atoms with Crippen LogP contribution in [0.25, 0.3) is 0 Å². The summed E-state index contributed by atoms with van der Waals surface area (Å²) in [4.78, 5) is 13.1. The lowest BCUT2D eigenvalue weighted by atomic mass is 9.87. The molecule has 0 fully saturated rings. The summed E-state index contributed by atoms with van der Waals surface area (Å²) in [6.45, 7) is 0. The molecule has 0 aliphatic heterocycles. The molecule has 4 rings (SSSR count). The minimum absolute atomic E-state index is 0.0100. The summed E-state index contributed by atoms with van der Waals surface area (Å²) in [7, 11) is -3.45. The Bertz CT molecular complexity index is 1120. The summed E-state index contributed by atoms with van der Waals surface area (Å²) < 4.78 is 25.3. The van der Waals surface area contributed by atoms with Gasteiger partial charge >= 0.3 is 0 Å². The highest BCUT2D eigenvalue weighted by Crippen LogP contribution is 2.29. The summed E-state index contributed by atoms with van der Waals surface area (Å²) in [6.07, 6.45) is 2.98. The van der Waals surface area contributed by atoms with E-state index >= 15 is 0 Å². The Morgan fingerprint density at radius 3 is 2.52 bits per heavy atom. The SMILES string of the molecule is O=C(N[C@@H]1CCCc2ccccc21)c1cccc(CS(=O)(=O)c2ccccc2)c1. The lowest BCUT2D eigenvalue weighted by Gasteiger charge is -2.26. The molecule has 3 aromatic rings. The Kier molecular flexibility index (Phi) is 5.49. The van der Waals surface area contributed by atoms with E-state index in [9.17, 15) is 13.2 Å². The maximum Gasteiger partial charge on any atom is 0.251 e. The molecule has 29 heavy (non-hydrogen) atoms. The molecule has 1 amide bonds. The number of benzene rings is 3. The quantitative estimate of drug-likeness (QED) is 0.681. The lowest BCUT2D eigenvalue weighted by Crippen LogP contribution is -2.31. The minimum Gasteiger partial charge on any atom is -0.345 e. The van der Waals surface area contributed by atoms with Crippen molar-refractivity contribution in [1.29, 1.82) is 0 Å². The monoisotopic (exact) mass is 405 g/mol. The van der Waals surface area contributed by atoms with E-state index in [1.807, 2.05) is 12.1 Å². The van der Waals surface area contributed by atoms with Gasteiger partial charge in [0.15, 0.2) is 9.84 Å². The van der Waals surface area contributed by atoms with E-state index < -0.39 is 9.84 Å². The van der Waals surface area contributed by atoms with Gasteiger partial charge < -0.3 is 5.32 Å². The van der Waals surface area contributed by atoms with Crippen LogP contribution in [-0.4, -0.2) is 14.3 Å². The lowest BCUT2D eigenvalue weighted by molar-refractivity contribution is 0.0932. The highest BCUT2D eigenvalue weighted by Gasteiger charge is 2.22. The fraction of sp³-hybridized carbons (Fsp3) is 0.208. The molecule has 1 atom stereocenters. The van der Waals surface area contributed by atoms with Gasteiger partial charge in [-0.3, -0.25) is 4.79 Å². The molecular formula is C24H23NO3S. The second-order valence-electron chi connectivity index (χ2n) is 7.39. The number of carbonyl (C=O) groups excluding carboxylic acids is 1. The van der Waals surface area contributed by atoms with E-state index in [1.54, 1.807) is 54.6 Å². The summed E-state index contributed by atoms with van der Waals surface area (Å²) in [5.74, 6) is -0.310. The first kappa shape index (κ1) is 19.4. The van der Waals surface area contributed by atoms with Gasteiger partial charge in [-0.05, 0) is 60.2 Å². The zero-order chi connectivity index (χ0) is 20.3. The van der Waals surface area contributed by atoms with Crippen LogP contribution in [0.4, 0.5) is 0 Å². The molecule has 1 N–H and O–H groups in total. The Balaban J connectivity index is 1.51. The third kappa shape index (κ3) is 4.40. The number of hydrogen-bond donors (Lipinski definition) is 1. The summed E-state index contributed by atoms with van der Waals surface area (Å²) in [6, 6.07) is 23.5. The van der Waals surface area contributed by atoms with Gasteiger partial charge in [0.25, 0.3) is 5.91 Å². The number of fused-ring (bicyclic) bond motifs is 1. The van der Waals surface area contributed by atoms with Crippen LogP contribution < -0.4 is 5.32 Å². The van der Waals surface area contributed by atoms with Gasteiger partial charge in [-0.15, -0.1) is 0 Å². The predicted molar refractivity (Wildman–Crippen MR) is 113 cm³/mol. The first-order valence-corrected chi connectivity index (χ1v) is 11.4. The summed E-state index contributed by atoms with van der Waals surface area (Å²) in [5.41, 5.74) is 3.54. The topological polar surface area (TPSA) is 63.2 Å². The van der Waals surface area contributed by atoms with Crippen LogP contribution in [0.15, 0.2) is 83.8 Å². The number of carbonyl (C=O) groups is 1. The number of amides is 1. The van der Waals surface area contributed by atoms with Crippen LogP contribution in [-0.2, 0) is 22.0 Å². The van der Waals surface area contributed by atoms with Gasteiger partial charge in [-0.1, -0.05) is 54.6 Å². The standard InChI is InChI=1S/C24H23NO3S/c26-24(25-23-15-7-10-19-9-4-5-14-22(19)23)20-11-6-8-18(16-20)17-29(27,28)21-12-2-1-3-13-21/h1-6,8-9,11-14,16,23H,7,10,15,17H2,(H,25,26)/t23-/m1/s1. The molecule has 3 aromatic carbocycles. The van der Waals surface area contributed by atoms with Crippen LogP contribution >= 0.6 is 0 Å². The number of sulfone groups is 1. The van der Waals surface area contributed by atoms with Crippen molar-refractivity contribution < 1.29 is 13.2 Å². The smallest absolute Gasteiger partial charge is 0.251 e. The minimum atomic E-state index is -3.45. The van der Waals surface area contributed by atoms with Gasteiger partial charge in [0.1, 0.15) is 0 Å². The van der Waals surface area contributed by atoms with E-state index in [2.05, 4.69) is 17.4 Å². The molecule has 0 saturated heterocycles. The molecule has 0 saturated carbocycles. The molecule has 5 heteroatoms. The maximum absolute atomic E-state index is 12.8. The molecule has 0 spiro atoms. The number of aryl methyl sites for hydroxylation is 1. The third-order valence-corrected chi connectivity index (χ3v) is 7.03. The van der Waals surface area contributed by atoms with Crippen molar-refractivity contribution in [2.45, 2.75) is 36.0 Å². The van der Waals surface area contributed by atoms with Gasteiger partial charge in [0.2, 0.25) is 0 Å². The number of hydrogen-bond acceptors (Lipinski definition) is 3. The highest BCUT2D eigenvalue weighted by molar-refractivity contribution is 7.90. The second kappa shape index (κ2) is 8.21. The molecular weight excluding hydrogens is 382 g/mol. The Morgan fingerprint density at radius 2 is 1.69 bits per heavy atom. The van der Waals surface area contributed by atoms with Crippen molar-refractivity contribution in [3.63, 3.8) is 0 Å². The fourth-order valence-electron chi connectivity index (χ4n) is 3.88. The zero-order valence-electron chi connectivity index (χ0n) is 16.0. The van der Waals surface area contributed by atoms with Crippen molar-refractivity contribution in [2.24, 2.45) is 0 Å². The molecule has 4 nitrogen and oxygen atoms in total. The first-order valence-electron chi connectivity index (χ1n) is 9.78. The summed E-state index contributed by atoms with van der Waals surface area (Å²) >= 11 is 0. The van der Waals surface area contributed by atoms with Crippen LogP contribution in [0.5, 0.6) is 0 Å². The van der Waals surface area contributed by atoms with Crippen LogP contribution in [0.3, 0.4) is 0 Å². The van der Waals surface area contributed by atoms with E-state index in [0.29, 0.717) is 11.1 Å². The molecule has 0 aromatic heterocycles. The van der Waals surface area contributed by atoms with E-state index in [0.717, 1.165) is 19.3 Å². The first-order chi connectivity index (χ1) is 14.0. The van der Waals surface area contributed by atoms with E-state index in [-0.39, 0.29) is 22.6 Å². The number of nitrogens with one attached hydrogen (secondary N) is 1. The maximum atomic E-state index is 12.8. The molecule has 1 aliphatic rings. The molecule has 148 valence electrons. The zero-order valence-corrected chi connectivity index (χ0v) is 16.9. The predicted octanol–water partition coefficient (Wildman–Crippen LogP) is 4.47. The molecule has 0 bridgehead atoms. The van der Waals surface area contributed by atoms with Crippen molar-refractivity contribution in [2.75, 3.05) is 0 Å². The fourth-order valence-corrected chi connectivity index (χ4v) is 5.24. The number of rotatable bonds is 5. The van der Waals surface area contributed by atoms with E-state index in [4.69, 9.17) is 0 Å². The molecule has 0 radical (unpaired) electrons. The van der Waals surface area contributed by atoms with E-state index in [1.165, 1.54) is 11.1 Å². The molecule has 0 heterocycles. The second-order valence-corrected chi connectivity index (χ2v) is 9.38. The van der Waals surface area contributed by atoms with Crippen LogP contribution in [0.2, 0.25) is 0 Å². The van der Waals surface area contributed by atoms with Crippen molar-refractivity contribution >= 4 is 15.7 Å². The Morgan fingerprint density at radius 1 is 0.931 bits per heavy atom. The van der Waals surface area contributed by atoms with Crippen LogP contribution in [0.1, 0.15) is 45.9 Å². The highest BCUT2D eigenvalue weighted by atomic mass is 32.2. The van der Waals surface area contributed by atoms with Gasteiger partial charge in [0, 0.05) is 5.56 Å². The van der Waals surface area contributed by atoms with Crippen molar-refractivity contribution in [1.82, 2.24) is 5.32 Å². The largest absolute Gasteiger partial charge is 0.345 e. The van der Waals surface area contributed by atoms with Gasteiger partial charge in [-0.2, -0.15) is 0 Å². The van der Waals surface area contributed by atoms with Crippen molar-refractivity contribution in [3.8, 4) is 0 Å². The van der Waals surface area contributed by atoms with Crippen molar-refractivity contribution in [3.05, 3.63) is 101 Å². The third-order valence-electron chi connectivity index (χ3n) is 5.32. The molecule has 0 unspecified atom stereocenters. The van der Waals surface area contributed by atoms with Gasteiger partial charge in [-0.25, -0.2) is 8.42 Å².